The molecule has 0 bridgehead atoms. The standard InChI is InChI=1S/C20H21N5O3/c1-10-7-11(2)22-20(21-10)25-19-18(12(3)24-25)14(9-17(27)23-19)13-5-6-16(28-4)15(26)8-13/h5-8,14,26H,9H2,1-4H3,(H,23,27)/t14-/m1/s1. The molecule has 8 nitrogen and oxygen atoms in total. The number of carbonyl (C=O) groups excluding carboxylic acids is 1. The van der Waals surface area contributed by atoms with E-state index in [1.165, 1.54) is 7.11 Å². The number of methoxy groups -OCH3 is 1. The van der Waals surface area contributed by atoms with Gasteiger partial charge in [-0.3, -0.25) is 4.79 Å². The third-order valence-electron chi connectivity index (χ3n) is 4.87. The van der Waals surface area contributed by atoms with E-state index in [1.807, 2.05) is 32.9 Å². The Morgan fingerprint density at radius 2 is 1.89 bits per heavy atom. The second kappa shape index (κ2) is 6.63. The Balaban J connectivity index is 1.87. The van der Waals surface area contributed by atoms with Gasteiger partial charge in [-0.1, -0.05) is 6.07 Å². The van der Waals surface area contributed by atoms with Crippen LogP contribution in [0.4, 0.5) is 5.82 Å². The predicted octanol–water partition coefficient (Wildman–Crippen LogP) is 2.78. The molecule has 2 aromatic heterocycles. The summed E-state index contributed by atoms with van der Waals surface area (Å²) in [7, 11) is 1.50. The molecule has 0 spiro atoms. The molecule has 4 rings (SSSR count). The zero-order chi connectivity index (χ0) is 20.0. The molecule has 2 N–H and O–H groups in total. The van der Waals surface area contributed by atoms with Crippen molar-refractivity contribution in [3.8, 4) is 17.4 Å². The number of aromatic nitrogens is 4. The minimum absolute atomic E-state index is 0.0372. The first-order valence-corrected chi connectivity index (χ1v) is 8.96. The van der Waals surface area contributed by atoms with Crippen LogP contribution >= 0.6 is 0 Å². The van der Waals surface area contributed by atoms with E-state index in [9.17, 15) is 9.90 Å². The molecule has 1 aliphatic heterocycles. The molecule has 0 saturated carbocycles. The molecule has 0 saturated heterocycles. The fourth-order valence-corrected chi connectivity index (χ4v) is 3.70. The van der Waals surface area contributed by atoms with Gasteiger partial charge in [-0.2, -0.15) is 9.78 Å². The van der Waals surface area contributed by atoms with E-state index in [-0.39, 0.29) is 24.0 Å². The fraction of sp³-hybridized carbons (Fsp3) is 0.300. The van der Waals surface area contributed by atoms with Gasteiger partial charge in [0.15, 0.2) is 11.5 Å². The summed E-state index contributed by atoms with van der Waals surface area (Å²) >= 11 is 0. The maximum Gasteiger partial charge on any atom is 0.252 e. The lowest BCUT2D eigenvalue weighted by Crippen LogP contribution is -2.25. The molecule has 0 radical (unpaired) electrons. The first-order valence-electron chi connectivity index (χ1n) is 8.96. The topological polar surface area (TPSA) is 102 Å². The second-order valence-corrected chi connectivity index (χ2v) is 6.95. The van der Waals surface area contributed by atoms with Crippen molar-refractivity contribution >= 4 is 11.7 Å². The van der Waals surface area contributed by atoms with Gasteiger partial charge in [-0.05, 0) is 44.5 Å². The third-order valence-corrected chi connectivity index (χ3v) is 4.87. The summed E-state index contributed by atoms with van der Waals surface area (Å²) in [6.07, 6.45) is 0.263. The molecule has 1 aromatic carbocycles. The first-order chi connectivity index (χ1) is 13.4. The number of amides is 1. The number of hydrogen-bond donors (Lipinski definition) is 2. The van der Waals surface area contributed by atoms with Crippen LogP contribution in [-0.2, 0) is 4.79 Å². The van der Waals surface area contributed by atoms with Gasteiger partial charge in [-0.15, -0.1) is 0 Å². The molecule has 3 aromatic rings. The highest BCUT2D eigenvalue weighted by Gasteiger charge is 2.33. The number of benzene rings is 1. The average molecular weight is 379 g/mol. The van der Waals surface area contributed by atoms with Gasteiger partial charge in [0, 0.05) is 29.3 Å². The zero-order valence-corrected chi connectivity index (χ0v) is 16.1. The van der Waals surface area contributed by atoms with Crippen LogP contribution in [0.15, 0.2) is 24.3 Å². The SMILES string of the molecule is COc1ccc([C@H]2CC(=O)Nc3c2c(C)nn3-c2nc(C)cc(C)n2)cc1O. The number of fused-ring (bicyclic) bond motifs is 1. The van der Waals surface area contributed by atoms with Crippen molar-refractivity contribution in [3.05, 3.63) is 52.5 Å². The number of phenols is 1. The number of nitrogens with zero attached hydrogens (tertiary/aromatic N) is 4. The number of ether oxygens (including phenoxy) is 1. The fourth-order valence-electron chi connectivity index (χ4n) is 3.70. The van der Waals surface area contributed by atoms with Crippen molar-refractivity contribution in [1.29, 1.82) is 0 Å². The molecule has 0 fully saturated rings. The largest absolute Gasteiger partial charge is 0.504 e. The second-order valence-electron chi connectivity index (χ2n) is 6.95. The van der Waals surface area contributed by atoms with Crippen LogP contribution < -0.4 is 10.1 Å². The summed E-state index contributed by atoms with van der Waals surface area (Å²) in [5.74, 6) is 1.05. The van der Waals surface area contributed by atoms with Crippen molar-refractivity contribution in [3.63, 3.8) is 0 Å². The van der Waals surface area contributed by atoms with Crippen molar-refractivity contribution in [1.82, 2.24) is 19.7 Å². The minimum Gasteiger partial charge on any atom is -0.504 e. The Hall–Kier alpha value is -3.42. The molecule has 1 aliphatic rings. The van der Waals surface area contributed by atoms with Crippen LogP contribution in [0, 0.1) is 20.8 Å². The lowest BCUT2D eigenvalue weighted by atomic mass is 9.85. The van der Waals surface area contributed by atoms with Gasteiger partial charge in [0.2, 0.25) is 5.91 Å². The molecule has 3 heterocycles. The van der Waals surface area contributed by atoms with E-state index in [0.29, 0.717) is 17.5 Å². The number of carbonyl (C=O) groups is 1. The smallest absolute Gasteiger partial charge is 0.252 e. The number of rotatable bonds is 3. The van der Waals surface area contributed by atoms with Gasteiger partial charge in [-0.25, -0.2) is 9.97 Å². The van der Waals surface area contributed by atoms with Crippen molar-refractivity contribution in [2.45, 2.75) is 33.1 Å². The quantitative estimate of drug-likeness (QED) is 0.725. The normalized spacial score (nSPS) is 15.9. The van der Waals surface area contributed by atoms with Gasteiger partial charge in [0.1, 0.15) is 5.82 Å². The van der Waals surface area contributed by atoms with Crippen LogP contribution in [0.25, 0.3) is 5.95 Å². The number of aromatic hydroxyl groups is 1. The highest BCUT2D eigenvalue weighted by molar-refractivity contribution is 5.95. The van der Waals surface area contributed by atoms with Crippen LogP contribution in [0.2, 0.25) is 0 Å². The van der Waals surface area contributed by atoms with Crippen molar-refractivity contribution < 1.29 is 14.6 Å². The Morgan fingerprint density at radius 1 is 1.18 bits per heavy atom. The van der Waals surface area contributed by atoms with Crippen LogP contribution in [-0.4, -0.2) is 37.9 Å². The van der Waals surface area contributed by atoms with Crippen molar-refractivity contribution in [2.24, 2.45) is 0 Å². The third kappa shape index (κ3) is 2.96. The number of nitrogens with one attached hydrogen (secondary N) is 1. The van der Waals surface area contributed by atoms with E-state index >= 15 is 0 Å². The van der Waals surface area contributed by atoms with Gasteiger partial charge < -0.3 is 15.2 Å². The molecular formula is C20H21N5O3. The number of phenolic OH excluding ortho intramolecular Hbond substituents is 1. The van der Waals surface area contributed by atoms with E-state index in [1.54, 1.807) is 16.8 Å². The minimum atomic E-state index is -0.236. The van der Waals surface area contributed by atoms with E-state index in [4.69, 9.17) is 4.74 Å². The lowest BCUT2D eigenvalue weighted by molar-refractivity contribution is -0.116. The molecule has 1 amide bonds. The van der Waals surface area contributed by atoms with E-state index in [0.717, 1.165) is 28.2 Å². The van der Waals surface area contributed by atoms with Crippen LogP contribution in [0.1, 0.15) is 40.5 Å². The van der Waals surface area contributed by atoms with E-state index < -0.39 is 0 Å². The van der Waals surface area contributed by atoms with Gasteiger partial charge in [0.25, 0.3) is 5.95 Å². The molecule has 28 heavy (non-hydrogen) atoms. The monoisotopic (exact) mass is 379 g/mol. The molecule has 144 valence electrons. The van der Waals surface area contributed by atoms with Crippen LogP contribution in [0.5, 0.6) is 11.5 Å². The maximum absolute atomic E-state index is 12.5. The van der Waals surface area contributed by atoms with Crippen molar-refractivity contribution in [2.75, 3.05) is 12.4 Å². The van der Waals surface area contributed by atoms with Crippen LogP contribution in [0.3, 0.4) is 0 Å². The lowest BCUT2D eigenvalue weighted by Gasteiger charge is -2.24. The Morgan fingerprint density at radius 3 is 2.54 bits per heavy atom. The zero-order valence-electron chi connectivity index (χ0n) is 16.1. The number of anilines is 1. The summed E-state index contributed by atoms with van der Waals surface area (Å²) in [5, 5.41) is 17.7. The summed E-state index contributed by atoms with van der Waals surface area (Å²) < 4.78 is 6.71. The number of aryl methyl sites for hydroxylation is 3. The molecular weight excluding hydrogens is 358 g/mol. The summed E-state index contributed by atoms with van der Waals surface area (Å²) in [5.41, 5.74) is 4.13. The highest BCUT2D eigenvalue weighted by atomic mass is 16.5. The number of hydrogen-bond acceptors (Lipinski definition) is 6. The molecule has 8 heteroatoms. The maximum atomic E-state index is 12.5. The molecule has 0 unspecified atom stereocenters. The summed E-state index contributed by atoms with van der Waals surface area (Å²) in [6, 6.07) is 7.07. The Bertz CT molecular complexity index is 1070. The van der Waals surface area contributed by atoms with Gasteiger partial charge in [0.05, 0.1) is 12.8 Å². The Kier molecular flexibility index (Phi) is 4.26. The molecule has 0 aliphatic carbocycles. The van der Waals surface area contributed by atoms with Gasteiger partial charge >= 0.3 is 0 Å². The predicted molar refractivity (Wildman–Crippen MR) is 103 cm³/mol. The van der Waals surface area contributed by atoms with E-state index in [2.05, 4.69) is 20.4 Å². The summed E-state index contributed by atoms with van der Waals surface area (Å²) in [6.45, 7) is 5.68. The highest BCUT2D eigenvalue weighted by Crippen LogP contribution is 2.41. The Labute approximate surface area is 162 Å². The summed E-state index contributed by atoms with van der Waals surface area (Å²) in [4.78, 5) is 21.4. The first kappa shape index (κ1) is 18.0. The molecule has 1 atom stereocenters. The average Bonchev–Trinajstić information content (AvgIpc) is 2.96.